The van der Waals surface area contributed by atoms with E-state index in [4.69, 9.17) is 25.8 Å². The topological polar surface area (TPSA) is 48.0 Å². The van der Waals surface area contributed by atoms with Gasteiger partial charge in [0.15, 0.2) is 12.9 Å². The number of amides is 1. The number of likely N-dealkylation sites (tertiary alicyclic amines) is 1. The van der Waals surface area contributed by atoms with Gasteiger partial charge in [-0.1, -0.05) is 11.6 Å². The summed E-state index contributed by atoms with van der Waals surface area (Å²) in [6, 6.07) is 5.39. The van der Waals surface area contributed by atoms with Gasteiger partial charge in [0, 0.05) is 11.6 Å². The number of nitrogens with zero attached hydrogens (tertiary/aromatic N) is 1. The van der Waals surface area contributed by atoms with Crippen molar-refractivity contribution in [2.45, 2.75) is 38.5 Å². The van der Waals surface area contributed by atoms with Crippen LogP contribution in [0.2, 0.25) is 5.02 Å². The minimum absolute atomic E-state index is 0.00527. The van der Waals surface area contributed by atoms with Crippen molar-refractivity contribution in [2.75, 3.05) is 26.4 Å². The molecule has 1 unspecified atom stereocenters. The maximum Gasteiger partial charge on any atom is 0.260 e. The van der Waals surface area contributed by atoms with Crippen LogP contribution < -0.4 is 4.74 Å². The second-order valence-corrected chi connectivity index (χ2v) is 6.37. The van der Waals surface area contributed by atoms with Crippen molar-refractivity contribution in [3.05, 3.63) is 28.8 Å². The lowest BCUT2D eigenvalue weighted by Gasteiger charge is -2.37. The van der Waals surface area contributed by atoms with Crippen LogP contribution in [0.4, 0.5) is 0 Å². The summed E-state index contributed by atoms with van der Waals surface area (Å²) in [5.74, 6) is 0.628. The molecule has 2 heterocycles. The summed E-state index contributed by atoms with van der Waals surface area (Å²) in [5, 5.41) is 0.690. The maximum atomic E-state index is 12.6. The summed E-state index contributed by atoms with van der Waals surface area (Å²) in [7, 11) is 0. The first-order chi connectivity index (χ1) is 11.1. The van der Waals surface area contributed by atoms with Crippen molar-refractivity contribution in [2.24, 2.45) is 0 Å². The molecule has 5 nitrogen and oxygen atoms in total. The Kier molecular flexibility index (Phi) is 5.41. The average molecular weight is 340 g/mol. The normalized spacial score (nSPS) is 22.3. The molecular formula is C17H22ClNO4. The van der Waals surface area contributed by atoms with Gasteiger partial charge in [-0.25, -0.2) is 0 Å². The minimum atomic E-state index is -0.294. The summed E-state index contributed by atoms with van der Waals surface area (Å²) in [6.45, 7) is 3.86. The highest BCUT2D eigenvalue weighted by atomic mass is 35.5. The fourth-order valence-corrected chi connectivity index (χ4v) is 3.20. The van der Waals surface area contributed by atoms with E-state index in [0.29, 0.717) is 24.0 Å². The first-order valence-electron chi connectivity index (χ1n) is 8.07. The number of rotatable bonds is 4. The Morgan fingerprint density at radius 3 is 2.87 bits per heavy atom. The molecule has 1 atom stereocenters. The highest BCUT2D eigenvalue weighted by Gasteiger charge is 2.36. The van der Waals surface area contributed by atoms with E-state index in [1.54, 1.807) is 12.1 Å². The zero-order chi connectivity index (χ0) is 16.2. The molecule has 0 radical (unpaired) electrons. The smallest absolute Gasteiger partial charge is 0.260 e. The molecule has 3 rings (SSSR count). The van der Waals surface area contributed by atoms with E-state index >= 15 is 0 Å². The van der Waals surface area contributed by atoms with Crippen molar-refractivity contribution in [1.82, 2.24) is 4.90 Å². The number of hydrogen-bond donors (Lipinski definition) is 0. The SMILES string of the molecule is Cc1cc(OCC(=O)N2CCCCC2C2OCCO2)ccc1Cl. The lowest BCUT2D eigenvalue weighted by molar-refractivity contribution is -0.152. The van der Waals surface area contributed by atoms with E-state index in [0.717, 1.165) is 31.4 Å². The van der Waals surface area contributed by atoms with Crippen LogP contribution in [0, 0.1) is 6.92 Å². The lowest BCUT2D eigenvalue weighted by Crippen LogP contribution is -2.51. The van der Waals surface area contributed by atoms with E-state index in [1.165, 1.54) is 0 Å². The summed E-state index contributed by atoms with van der Waals surface area (Å²) >= 11 is 6.00. The van der Waals surface area contributed by atoms with Gasteiger partial charge in [-0.05, 0) is 49.9 Å². The molecule has 2 fully saturated rings. The monoisotopic (exact) mass is 339 g/mol. The largest absolute Gasteiger partial charge is 0.484 e. The Morgan fingerprint density at radius 1 is 1.35 bits per heavy atom. The Labute approximate surface area is 141 Å². The van der Waals surface area contributed by atoms with Gasteiger partial charge < -0.3 is 19.1 Å². The zero-order valence-corrected chi connectivity index (χ0v) is 14.1. The van der Waals surface area contributed by atoms with Crippen LogP contribution in [-0.4, -0.2) is 49.5 Å². The standard InChI is InChI=1S/C17H22ClNO4/c1-12-10-13(5-6-14(12)18)23-11-16(20)19-7-3-2-4-15(19)17-21-8-9-22-17/h5-6,10,15,17H,2-4,7-9,11H2,1H3. The van der Waals surface area contributed by atoms with Crippen molar-refractivity contribution in [1.29, 1.82) is 0 Å². The Bertz CT molecular complexity index is 560. The van der Waals surface area contributed by atoms with Crippen LogP contribution in [0.15, 0.2) is 18.2 Å². The third kappa shape index (κ3) is 3.97. The molecule has 0 spiro atoms. The summed E-state index contributed by atoms with van der Waals surface area (Å²) in [5.41, 5.74) is 0.931. The second kappa shape index (κ2) is 7.51. The molecule has 2 saturated heterocycles. The fraction of sp³-hybridized carbons (Fsp3) is 0.588. The van der Waals surface area contributed by atoms with Gasteiger partial charge in [-0.15, -0.1) is 0 Å². The number of carbonyl (C=O) groups excluding carboxylic acids is 1. The summed E-state index contributed by atoms with van der Waals surface area (Å²) in [4.78, 5) is 14.4. The van der Waals surface area contributed by atoms with Gasteiger partial charge >= 0.3 is 0 Å². The van der Waals surface area contributed by atoms with Crippen LogP contribution >= 0.6 is 11.6 Å². The average Bonchev–Trinajstić information content (AvgIpc) is 3.10. The third-order valence-corrected chi connectivity index (χ3v) is 4.75. The van der Waals surface area contributed by atoms with E-state index in [9.17, 15) is 4.79 Å². The number of benzene rings is 1. The Hall–Kier alpha value is -1.30. The highest BCUT2D eigenvalue weighted by Crippen LogP contribution is 2.25. The molecular weight excluding hydrogens is 318 g/mol. The predicted molar refractivity (Wildman–Crippen MR) is 86.7 cm³/mol. The Balaban J connectivity index is 1.60. The molecule has 126 valence electrons. The van der Waals surface area contributed by atoms with Crippen molar-refractivity contribution in [3.63, 3.8) is 0 Å². The molecule has 2 aliphatic rings. The van der Waals surface area contributed by atoms with Gasteiger partial charge in [-0.3, -0.25) is 4.79 Å². The molecule has 0 N–H and O–H groups in total. The van der Waals surface area contributed by atoms with E-state index in [-0.39, 0.29) is 24.8 Å². The van der Waals surface area contributed by atoms with Gasteiger partial charge in [0.25, 0.3) is 5.91 Å². The van der Waals surface area contributed by atoms with Crippen LogP contribution in [0.5, 0.6) is 5.75 Å². The van der Waals surface area contributed by atoms with E-state index in [1.807, 2.05) is 17.9 Å². The van der Waals surface area contributed by atoms with Gasteiger partial charge in [0.05, 0.1) is 19.3 Å². The molecule has 1 aromatic carbocycles. The molecule has 1 amide bonds. The lowest BCUT2D eigenvalue weighted by atomic mass is 10.0. The number of ether oxygens (including phenoxy) is 3. The van der Waals surface area contributed by atoms with Crippen molar-refractivity contribution in [3.8, 4) is 5.75 Å². The predicted octanol–water partition coefficient (Wildman–Crippen LogP) is 2.78. The molecule has 2 aliphatic heterocycles. The third-order valence-electron chi connectivity index (χ3n) is 4.32. The summed E-state index contributed by atoms with van der Waals surface area (Å²) < 4.78 is 16.8. The molecule has 0 aromatic heterocycles. The van der Waals surface area contributed by atoms with Crippen LogP contribution in [0.3, 0.4) is 0 Å². The van der Waals surface area contributed by atoms with Gasteiger partial charge in [-0.2, -0.15) is 0 Å². The van der Waals surface area contributed by atoms with Gasteiger partial charge in [0.2, 0.25) is 0 Å². The molecule has 23 heavy (non-hydrogen) atoms. The van der Waals surface area contributed by atoms with Crippen LogP contribution in [-0.2, 0) is 14.3 Å². The number of aryl methyl sites for hydroxylation is 1. The number of carbonyl (C=O) groups is 1. The molecule has 6 heteroatoms. The maximum absolute atomic E-state index is 12.6. The number of hydrogen-bond acceptors (Lipinski definition) is 4. The zero-order valence-electron chi connectivity index (χ0n) is 13.3. The molecule has 1 aromatic rings. The van der Waals surface area contributed by atoms with E-state index in [2.05, 4.69) is 0 Å². The number of halogens is 1. The first kappa shape index (κ1) is 16.6. The van der Waals surface area contributed by atoms with Gasteiger partial charge in [0.1, 0.15) is 5.75 Å². The van der Waals surface area contributed by atoms with E-state index < -0.39 is 0 Å². The quantitative estimate of drug-likeness (QED) is 0.846. The first-order valence-corrected chi connectivity index (χ1v) is 8.44. The molecule has 0 saturated carbocycles. The minimum Gasteiger partial charge on any atom is -0.484 e. The highest BCUT2D eigenvalue weighted by molar-refractivity contribution is 6.31. The van der Waals surface area contributed by atoms with Crippen molar-refractivity contribution >= 4 is 17.5 Å². The molecule has 0 aliphatic carbocycles. The Morgan fingerprint density at radius 2 is 2.13 bits per heavy atom. The summed E-state index contributed by atoms with van der Waals surface area (Å²) in [6.07, 6.45) is 2.72. The molecule has 0 bridgehead atoms. The van der Waals surface area contributed by atoms with Crippen LogP contribution in [0.25, 0.3) is 0 Å². The van der Waals surface area contributed by atoms with Crippen LogP contribution in [0.1, 0.15) is 24.8 Å². The van der Waals surface area contributed by atoms with Crippen molar-refractivity contribution < 1.29 is 19.0 Å². The second-order valence-electron chi connectivity index (χ2n) is 5.96. The fourth-order valence-electron chi connectivity index (χ4n) is 3.08. The number of piperidine rings is 1.